The summed E-state index contributed by atoms with van der Waals surface area (Å²) in [6, 6.07) is 13.6. The van der Waals surface area contributed by atoms with E-state index in [1.165, 1.54) is 18.2 Å². The van der Waals surface area contributed by atoms with Crippen LogP contribution in [0.1, 0.15) is 11.1 Å². The molecule has 0 aliphatic rings. The average Bonchev–Trinajstić information content (AvgIpc) is 2.36. The van der Waals surface area contributed by atoms with E-state index >= 15 is 0 Å². The third kappa shape index (κ3) is 4.19. The second kappa shape index (κ2) is 5.86. The molecule has 0 saturated heterocycles. The van der Waals surface area contributed by atoms with Gasteiger partial charge in [-0.05, 0) is 30.2 Å². The van der Waals surface area contributed by atoms with Crippen molar-refractivity contribution >= 4 is 5.69 Å². The lowest BCUT2D eigenvalue weighted by Crippen LogP contribution is -2.17. The largest absolute Gasteiger partial charge is 0.573 e. The minimum atomic E-state index is -4.67. The highest BCUT2D eigenvalue weighted by Gasteiger charge is 2.31. The smallest absolute Gasteiger partial charge is 0.406 e. The molecule has 0 radical (unpaired) electrons. The van der Waals surface area contributed by atoms with Gasteiger partial charge >= 0.3 is 6.36 Å². The normalized spacial score (nSPS) is 11.2. The van der Waals surface area contributed by atoms with Gasteiger partial charge in [-0.25, -0.2) is 0 Å². The Balaban J connectivity index is 2.03. The molecule has 0 aliphatic heterocycles. The SMILES string of the molecule is Cc1ccccc1CNc1cccc(OC(F)(F)F)c1. The Morgan fingerprint density at radius 2 is 1.80 bits per heavy atom. The first kappa shape index (κ1) is 14.2. The highest BCUT2D eigenvalue weighted by molar-refractivity contribution is 5.49. The molecule has 0 aliphatic carbocycles. The fraction of sp³-hybridized carbons (Fsp3) is 0.200. The van der Waals surface area contributed by atoms with Crippen LogP contribution in [0.15, 0.2) is 48.5 Å². The first-order valence-corrected chi connectivity index (χ1v) is 6.08. The third-order valence-electron chi connectivity index (χ3n) is 2.81. The topological polar surface area (TPSA) is 21.3 Å². The molecule has 20 heavy (non-hydrogen) atoms. The zero-order chi connectivity index (χ0) is 14.6. The molecule has 0 fully saturated rings. The van der Waals surface area contributed by atoms with E-state index in [1.807, 2.05) is 31.2 Å². The molecule has 106 valence electrons. The number of ether oxygens (including phenoxy) is 1. The van der Waals surface area contributed by atoms with Crippen LogP contribution in [0.4, 0.5) is 18.9 Å². The highest BCUT2D eigenvalue weighted by atomic mass is 19.4. The van der Waals surface area contributed by atoms with Crippen molar-refractivity contribution in [3.63, 3.8) is 0 Å². The van der Waals surface area contributed by atoms with Crippen LogP contribution in [-0.4, -0.2) is 6.36 Å². The lowest BCUT2D eigenvalue weighted by atomic mass is 10.1. The van der Waals surface area contributed by atoms with E-state index < -0.39 is 6.36 Å². The quantitative estimate of drug-likeness (QED) is 0.890. The second-order valence-corrected chi connectivity index (χ2v) is 4.36. The van der Waals surface area contributed by atoms with Crippen LogP contribution >= 0.6 is 0 Å². The van der Waals surface area contributed by atoms with Gasteiger partial charge in [-0.2, -0.15) is 0 Å². The monoisotopic (exact) mass is 281 g/mol. The summed E-state index contributed by atoms with van der Waals surface area (Å²) < 4.78 is 40.3. The molecule has 0 amide bonds. The molecule has 2 rings (SSSR count). The number of hydrogen-bond acceptors (Lipinski definition) is 2. The van der Waals surface area contributed by atoms with Gasteiger partial charge in [0.1, 0.15) is 5.75 Å². The van der Waals surface area contributed by atoms with Gasteiger partial charge in [0, 0.05) is 18.3 Å². The molecule has 2 nitrogen and oxygen atoms in total. The van der Waals surface area contributed by atoms with Gasteiger partial charge in [-0.15, -0.1) is 13.2 Å². The van der Waals surface area contributed by atoms with Crippen molar-refractivity contribution in [1.29, 1.82) is 0 Å². The van der Waals surface area contributed by atoms with E-state index in [1.54, 1.807) is 6.07 Å². The standard InChI is InChI=1S/C15H14F3NO/c1-11-5-2-3-6-12(11)10-19-13-7-4-8-14(9-13)20-15(16,17)18/h2-9,19H,10H2,1H3. The maximum absolute atomic E-state index is 12.1. The van der Waals surface area contributed by atoms with Gasteiger partial charge in [0.25, 0.3) is 0 Å². The molecule has 2 aromatic carbocycles. The summed E-state index contributed by atoms with van der Waals surface area (Å²) in [6.45, 7) is 2.53. The van der Waals surface area contributed by atoms with Crippen LogP contribution in [0.3, 0.4) is 0 Å². The number of aryl methyl sites for hydroxylation is 1. The minimum absolute atomic E-state index is 0.229. The van der Waals surface area contributed by atoms with Crippen molar-refractivity contribution in [3.05, 3.63) is 59.7 Å². The van der Waals surface area contributed by atoms with E-state index in [4.69, 9.17) is 0 Å². The molecular weight excluding hydrogens is 267 g/mol. The van der Waals surface area contributed by atoms with Gasteiger partial charge in [-0.3, -0.25) is 0 Å². The molecule has 0 atom stereocenters. The predicted octanol–water partition coefficient (Wildman–Crippen LogP) is 4.51. The summed E-state index contributed by atoms with van der Waals surface area (Å²) in [4.78, 5) is 0. The van der Waals surface area contributed by atoms with Crippen LogP contribution in [0.2, 0.25) is 0 Å². The molecule has 5 heteroatoms. The van der Waals surface area contributed by atoms with Crippen LogP contribution in [0, 0.1) is 6.92 Å². The number of alkyl halides is 3. The first-order valence-electron chi connectivity index (χ1n) is 6.08. The first-order chi connectivity index (χ1) is 9.44. The lowest BCUT2D eigenvalue weighted by Gasteiger charge is -2.12. The maximum Gasteiger partial charge on any atom is 0.573 e. The van der Waals surface area contributed by atoms with Crippen molar-refractivity contribution in [3.8, 4) is 5.75 Å². The Hall–Kier alpha value is -2.17. The van der Waals surface area contributed by atoms with Gasteiger partial charge in [-0.1, -0.05) is 30.3 Å². The Labute approximate surface area is 115 Å². The molecule has 0 heterocycles. The third-order valence-corrected chi connectivity index (χ3v) is 2.81. The summed E-state index contributed by atoms with van der Waals surface area (Å²) in [6.07, 6.45) is -4.67. The summed E-state index contributed by atoms with van der Waals surface area (Å²) in [7, 11) is 0. The van der Waals surface area contributed by atoms with Gasteiger partial charge in [0.2, 0.25) is 0 Å². The molecule has 0 saturated carbocycles. The van der Waals surface area contributed by atoms with E-state index in [-0.39, 0.29) is 5.75 Å². The van der Waals surface area contributed by atoms with E-state index in [9.17, 15) is 13.2 Å². The van der Waals surface area contributed by atoms with Gasteiger partial charge in [0.05, 0.1) is 0 Å². The van der Waals surface area contributed by atoms with Crippen molar-refractivity contribution in [2.75, 3.05) is 5.32 Å². The number of anilines is 1. The van der Waals surface area contributed by atoms with Crippen molar-refractivity contribution < 1.29 is 17.9 Å². The average molecular weight is 281 g/mol. The fourth-order valence-corrected chi connectivity index (χ4v) is 1.81. The Morgan fingerprint density at radius 3 is 2.50 bits per heavy atom. The summed E-state index contributed by atoms with van der Waals surface area (Å²) in [5, 5.41) is 3.08. The minimum Gasteiger partial charge on any atom is -0.406 e. The number of halogens is 3. The lowest BCUT2D eigenvalue weighted by molar-refractivity contribution is -0.274. The summed E-state index contributed by atoms with van der Waals surface area (Å²) in [5.74, 6) is -0.229. The van der Waals surface area contributed by atoms with Crippen LogP contribution in [0.25, 0.3) is 0 Å². The zero-order valence-electron chi connectivity index (χ0n) is 10.9. The van der Waals surface area contributed by atoms with Gasteiger partial charge in [0.15, 0.2) is 0 Å². The van der Waals surface area contributed by atoms with Crippen molar-refractivity contribution in [1.82, 2.24) is 0 Å². The molecular formula is C15H14F3NO. The maximum atomic E-state index is 12.1. The number of rotatable bonds is 4. The summed E-state index contributed by atoms with van der Waals surface area (Å²) >= 11 is 0. The molecule has 0 spiro atoms. The van der Waals surface area contributed by atoms with E-state index in [0.29, 0.717) is 12.2 Å². The highest BCUT2D eigenvalue weighted by Crippen LogP contribution is 2.25. The Kier molecular flexibility index (Phi) is 4.17. The molecule has 2 aromatic rings. The molecule has 1 N–H and O–H groups in total. The van der Waals surface area contributed by atoms with Crippen LogP contribution in [0.5, 0.6) is 5.75 Å². The van der Waals surface area contributed by atoms with Crippen molar-refractivity contribution in [2.24, 2.45) is 0 Å². The van der Waals surface area contributed by atoms with Gasteiger partial charge < -0.3 is 10.1 Å². The van der Waals surface area contributed by atoms with Crippen LogP contribution in [-0.2, 0) is 6.54 Å². The summed E-state index contributed by atoms with van der Waals surface area (Å²) in [5.41, 5.74) is 2.80. The Morgan fingerprint density at radius 1 is 1.05 bits per heavy atom. The fourth-order valence-electron chi connectivity index (χ4n) is 1.81. The van der Waals surface area contributed by atoms with E-state index in [2.05, 4.69) is 10.1 Å². The molecule has 0 bridgehead atoms. The second-order valence-electron chi connectivity index (χ2n) is 4.36. The van der Waals surface area contributed by atoms with Crippen molar-refractivity contribution in [2.45, 2.75) is 19.8 Å². The number of benzene rings is 2. The molecule has 0 aromatic heterocycles. The molecule has 0 unspecified atom stereocenters. The zero-order valence-corrected chi connectivity index (χ0v) is 10.9. The number of hydrogen-bond donors (Lipinski definition) is 1. The van der Waals surface area contributed by atoms with E-state index in [0.717, 1.165) is 11.1 Å². The van der Waals surface area contributed by atoms with Crippen LogP contribution < -0.4 is 10.1 Å². The number of nitrogens with one attached hydrogen (secondary N) is 1. The predicted molar refractivity (Wildman–Crippen MR) is 71.6 cm³/mol. The Bertz CT molecular complexity index is 581.